The number of hydrogen-bond acceptors (Lipinski definition) is 3. The molecule has 2 aromatic rings. The van der Waals surface area contributed by atoms with Gasteiger partial charge in [-0.25, -0.2) is 8.78 Å². The van der Waals surface area contributed by atoms with E-state index in [-0.39, 0.29) is 0 Å². The second-order valence-electron chi connectivity index (χ2n) is 5.50. The van der Waals surface area contributed by atoms with Crippen LogP contribution in [0.3, 0.4) is 0 Å². The monoisotopic (exact) mass is 332 g/mol. The molecule has 2 atom stereocenters. The van der Waals surface area contributed by atoms with E-state index >= 15 is 0 Å². The lowest BCUT2D eigenvalue weighted by atomic mass is 10.1. The minimum Gasteiger partial charge on any atom is -0.390 e. The number of carbonyl (C=O) groups is 2. The molecule has 2 unspecified atom stereocenters. The van der Waals surface area contributed by atoms with Crippen LogP contribution in [0.4, 0.5) is 14.5 Å². The van der Waals surface area contributed by atoms with E-state index in [1.807, 2.05) is 17.4 Å². The van der Waals surface area contributed by atoms with E-state index in [1.54, 1.807) is 12.1 Å². The highest BCUT2D eigenvalue weighted by Crippen LogP contribution is 2.31. The zero-order chi connectivity index (χ0) is 17.3. The maximum Gasteiger partial charge on any atom is 0.313 e. The summed E-state index contributed by atoms with van der Waals surface area (Å²) in [6.45, 7) is 0. The fourth-order valence-electron chi connectivity index (χ4n) is 2.73. The molecule has 0 heterocycles. The SMILES string of the molecule is O=C(Nc1cc(F)ccc1F)C(=O)NC1c2ccccc2CC1O. The fraction of sp³-hybridized carbons (Fsp3) is 0.176. The Morgan fingerprint density at radius 3 is 2.62 bits per heavy atom. The van der Waals surface area contributed by atoms with Gasteiger partial charge >= 0.3 is 11.8 Å². The highest BCUT2D eigenvalue weighted by Gasteiger charge is 2.33. The number of benzene rings is 2. The summed E-state index contributed by atoms with van der Waals surface area (Å²) in [5.74, 6) is -3.79. The van der Waals surface area contributed by atoms with E-state index in [0.717, 1.165) is 29.3 Å². The Labute approximate surface area is 136 Å². The molecule has 0 aliphatic heterocycles. The first-order valence-electron chi connectivity index (χ1n) is 7.28. The fourth-order valence-corrected chi connectivity index (χ4v) is 2.73. The van der Waals surface area contributed by atoms with Crippen molar-refractivity contribution in [2.75, 3.05) is 5.32 Å². The van der Waals surface area contributed by atoms with Crippen molar-refractivity contribution in [1.29, 1.82) is 0 Å². The highest BCUT2D eigenvalue weighted by atomic mass is 19.1. The molecule has 0 saturated heterocycles. The first kappa shape index (κ1) is 16.1. The van der Waals surface area contributed by atoms with Crippen molar-refractivity contribution in [1.82, 2.24) is 5.32 Å². The van der Waals surface area contributed by atoms with Crippen molar-refractivity contribution >= 4 is 17.5 Å². The lowest BCUT2D eigenvalue weighted by molar-refractivity contribution is -0.137. The molecule has 124 valence electrons. The molecule has 24 heavy (non-hydrogen) atoms. The Hall–Kier alpha value is -2.80. The molecule has 0 bridgehead atoms. The highest BCUT2D eigenvalue weighted by molar-refractivity contribution is 6.39. The van der Waals surface area contributed by atoms with Crippen LogP contribution in [0.2, 0.25) is 0 Å². The molecule has 1 aliphatic rings. The van der Waals surface area contributed by atoms with E-state index in [1.165, 1.54) is 0 Å². The van der Waals surface area contributed by atoms with E-state index < -0.39 is 41.3 Å². The van der Waals surface area contributed by atoms with Crippen LogP contribution in [0.25, 0.3) is 0 Å². The van der Waals surface area contributed by atoms with Gasteiger partial charge in [0.2, 0.25) is 0 Å². The number of nitrogens with one attached hydrogen (secondary N) is 2. The first-order chi connectivity index (χ1) is 11.5. The van der Waals surface area contributed by atoms with Gasteiger partial charge in [-0.1, -0.05) is 24.3 Å². The number of rotatable bonds is 2. The Balaban J connectivity index is 1.71. The molecule has 2 aromatic carbocycles. The van der Waals surface area contributed by atoms with Crippen molar-refractivity contribution in [3.05, 3.63) is 65.2 Å². The van der Waals surface area contributed by atoms with Gasteiger partial charge in [0, 0.05) is 12.5 Å². The van der Waals surface area contributed by atoms with Crippen LogP contribution in [0, 0.1) is 11.6 Å². The normalized spacial score (nSPS) is 18.8. The van der Waals surface area contributed by atoms with Crippen LogP contribution in [0.5, 0.6) is 0 Å². The largest absolute Gasteiger partial charge is 0.390 e. The third kappa shape index (κ3) is 3.11. The molecule has 7 heteroatoms. The minimum atomic E-state index is -1.14. The van der Waals surface area contributed by atoms with Crippen molar-refractivity contribution in [2.24, 2.45) is 0 Å². The zero-order valence-corrected chi connectivity index (χ0v) is 12.4. The summed E-state index contributed by atoms with van der Waals surface area (Å²) in [4.78, 5) is 23.9. The van der Waals surface area contributed by atoms with Gasteiger partial charge in [-0.15, -0.1) is 0 Å². The summed E-state index contributed by atoms with van der Waals surface area (Å²) in [5.41, 5.74) is 1.18. The van der Waals surface area contributed by atoms with Crippen LogP contribution in [0.1, 0.15) is 17.2 Å². The number of halogens is 2. The van der Waals surface area contributed by atoms with Gasteiger partial charge in [0.05, 0.1) is 17.8 Å². The second kappa shape index (κ2) is 6.37. The Kier molecular flexibility index (Phi) is 4.26. The minimum absolute atomic E-state index is 0.362. The molecular formula is C17H14F2N2O3. The lowest BCUT2D eigenvalue weighted by Crippen LogP contribution is -2.40. The van der Waals surface area contributed by atoms with Gasteiger partial charge in [0.15, 0.2) is 0 Å². The van der Waals surface area contributed by atoms with Crippen molar-refractivity contribution in [3.63, 3.8) is 0 Å². The number of fused-ring (bicyclic) bond motifs is 1. The topological polar surface area (TPSA) is 78.4 Å². The molecular weight excluding hydrogens is 318 g/mol. The number of aliphatic hydroxyl groups excluding tert-OH is 1. The van der Waals surface area contributed by atoms with Crippen molar-refractivity contribution in [2.45, 2.75) is 18.6 Å². The summed E-state index contributed by atoms with van der Waals surface area (Å²) in [7, 11) is 0. The van der Waals surface area contributed by atoms with E-state index in [4.69, 9.17) is 0 Å². The number of amides is 2. The third-order valence-corrected chi connectivity index (χ3v) is 3.87. The van der Waals surface area contributed by atoms with E-state index in [2.05, 4.69) is 5.32 Å². The standard InChI is InChI=1S/C17H14F2N2O3/c18-10-5-6-12(19)13(8-10)20-16(23)17(24)21-15-11-4-2-1-3-9(11)7-14(15)22/h1-6,8,14-15,22H,7H2,(H,20,23)(H,21,24). The summed E-state index contributed by atoms with van der Waals surface area (Å²) >= 11 is 0. The predicted octanol–water partition coefficient (Wildman–Crippen LogP) is 1.68. The molecule has 0 spiro atoms. The smallest absolute Gasteiger partial charge is 0.313 e. The van der Waals surface area contributed by atoms with Crippen LogP contribution in [0.15, 0.2) is 42.5 Å². The maximum absolute atomic E-state index is 13.5. The molecule has 0 saturated carbocycles. The molecule has 0 radical (unpaired) electrons. The van der Waals surface area contributed by atoms with Gasteiger partial charge in [-0.2, -0.15) is 0 Å². The van der Waals surface area contributed by atoms with Gasteiger partial charge in [-0.3, -0.25) is 9.59 Å². The molecule has 0 fully saturated rings. The van der Waals surface area contributed by atoms with Crippen molar-refractivity contribution in [3.8, 4) is 0 Å². The van der Waals surface area contributed by atoms with Gasteiger partial charge in [0.1, 0.15) is 11.6 Å². The predicted molar refractivity (Wildman–Crippen MR) is 82.0 cm³/mol. The van der Waals surface area contributed by atoms with Crippen LogP contribution in [-0.4, -0.2) is 23.0 Å². The second-order valence-corrected chi connectivity index (χ2v) is 5.50. The Morgan fingerprint density at radius 1 is 1.08 bits per heavy atom. The quantitative estimate of drug-likeness (QED) is 0.732. The summed E-state index contributed by atoms with van der Waals surface area (Å²) in [5, 5.41) is 14.5. The molecule has 1 aliphatic carbocycles. The molecule has 5 nitrogen and oxygen atoms in total. The Bertz CT molecular complexity index is 810. The van der Waals surface area contributed by atoms with Gasteiger partial charge < -0.3 is 15.7 Å². The molecule has 2 amide bonds. The maximum atomic E-state index is 13.5. The molecule has 3 N–H and O–H groups in total. The number of carbonyl (C=O) groups excluding carboxylic acids is 2. The van der Waals surface area contributed by atoms with Crippen molar-refractivity contribution < 1.29 is 23.5 Å². The van der Waals surface area contributed by atoms with Crippen LogP contribution >= 0.6 is 0 Å². The third-order valence-electron chi connectivity index (χ3n) is 3.87. The number of hydrogen-bond donors (Lipinski definition) is 3. The van der Waals surface area contributed by atoms with E-state index in [9.17, 15) is 23.5 Å². The lowest BCUT2D eigenvalue weighted by Gasteiger charge is -2.17. The van der Waals surface area contributed by atoms with Crippen LogP contribution < -0.4 is 10.6 Å². The zero-order valence-electron chi connectivity index (χ0n) is 12.4. The first-order valence-corrected chi connectivity index (χ1v) is 7.28. The van der Waals surface area contributed by atoms with Gasteiger partial charge in [0.25, 0.3) is 0 Å². The van der Waals surface area contributed by atoms with E-state index in [0.29, 0.717) is 6.42 Å². The van der Waals surface area contributed by atoms with Gasteiger partial charge in [-0.05, 0) is 23.3 Å². The van der Waals surface area contributed by atoms with Crippen LogP contribution in [-0.2, 0) is 16.0 Å². The molecule has 3 rings (SSSR count). The summed E-state index contributed by atoms with van der Waals surface area (Å²) < 4.78 is 26.6. The Morgan fingerprint density at radius 2 is 1.83 bits per heavy atom. The molecule has 0 aromatic heterocycles. The summed E-state index contributed by atoms with van der Waals surface area (Å²) in [6.07, 6.45) is -0.494. The number of aliphatic hydroxyl groups is 1. The number of anilines is 1. The average molecular weight is 332 g/mol. The summed E-state index contributed by atoms with van der Waals surface area (Å²) in [6, 6.07) is 8.95. The average Bonchev–Trinajstić information content (AvgIpc) is 2.86.